The van der Waals surface area contributed by atoms with Gasteiger partial charge in [-0.05, 0) is 49.2 Å². The molecule has 10 nitrogen and oxygen atoms in total. The van der Waals surface area contributed by atoms with Crippen molar-refractivity contribution in [1.82, 2.24) is 14.1 Å². The van der Waals surface area contributed by atoms with Gasteiger partial charge in [-0.15, -0.1) is 0 Å². The molecule has 0 aliphatic carbocycles. The second kappa shape index (κ2) is 8.27. The van der Waals surface area contributed by atoms with Crippen LogP contribution in [0.3, 0.4) is 0 Å². The van der Waals surface area contributed by atoms with Gasteiger partial charge in [0.25, 0.3) is 10.0 Å². The number of nitrogens with zero attached hydrogens (tertiary/aromatic N) is 4. The first kappa shape index (κ1) is 21.8. The lowest BCUT2D eigenvalue weighted by molar-refractivity contribution is 0.477. The lowest BCUT2D eigenvalue weighted by atomic mass is 10.2. The summed E-state index contributed by atoms with van der Waals surface area (Å²) in [5.41, 5.74) is 6.63. The van der Waals surface area contributed by atoms with Crippen LogP contribution in [0.15, 0.2) is 64.5 Å². The zero-order valence-corrected chi connectivity index (χ0v) is 18.5. The number of rotatable bonds is 6. The van der Waals surface area contributed by atoms with Crippen molar-refractivity contribution in [3.63, 3.8) is 0 Å². The van der Waals surface area contributed by atoms with Crippen LogP contribution < -0.4 is 10.5 Å². The predicted octanol–water partition coefficient (Wildman–Crippen LogP) is 1.91. The number of hydrogen-bond acceptors (Lipinski definition) is 7. The van der Waals surface area contributed by atoms with E-state index in [1.54, 1.807) is 18.2 Å². The number of sulfonamides is 2. The summed E-state index contributed by atoms with van der Waals surface area (Å²) in [5.74, 6) is 0.0793. The van der Waals surface area contributed by atoms with Gasteiger partial charge in [-0.3, -0.25) is 4.72 Å². The first-order chi connectivity index (χ1) is 15.2. The number of hydrogen-bond donors (Lipinski definition) is 2. The van der Waals surface area contributed by atoms with Crippen LogP contribution in [0, 0.1) is 11.3 Å². The quantitative estimate of drug-likeness (QED) is 0.556. The molecule has 1 fully saturated rings. The van der Waals surface area contributed by atoms with Gasteiger partial charge < -0.3 is 5.73 Å². The molecule has 1 aliphatic rings. The van der Waals surface area contributed by atoms with Crippen LogP contribution in [-0.4, -0.2) is 44.0 Å². The van der Waals surface area contributed by atoms with Crippen molar-refractivity contribution < 1.29 is 16.8 Å². The number of nitrogens with two attached hydrogens (primary N) is 1. The average Bonchev–Trinajstić information content (AvgIpc) is 3.44. The predicted molar refractivity (Wildman–Crippen MR) is 118 cm³/mol. The smallest absolute Gasteiger partial charge is 0.261 e. The Labute approximate surface area is 186 Å². The molecule has 2 aromatic carbocycles. The SMILES string of the molecule is N#Cc1cnn(-c2ccccc2NS(=O)(=O)c2ccc(S(=O)(=O)N3CCCC3)cc2)c1N. The lowest BCUT2D eigenvalue weighted by Crippen LogP contribution is -2.27. The van der Waals surface area contributed by atoms with Crippen LogP contribution in [0.2, 0.25) is 0 Å². The van der Waals surface area contributed by atoms with Gasteiger partial charge in [-0.2, -0.15) is 14.7 Å². The lowest BCUT2D eigenvalue weighted by Gasteiger charge is -2.16. The molecule has 4 rings (SSSR count). The number of benzene rings is 2. The summed E-state index contributed by atoms with van der Waals surface area (Å²) in [5, 5.41) is 13.2. The van der Waals surface area contributed by atoms with E-state index in [9.17, 15) is 16.8 Å². The molecule has 3 N–H and O–H groups in total. The van der Waals surface area contributed by atoms with Gasteiger partial charge in [0.2, 0.25) is 10.0 Å². The second-order valence-corrected chi connectivity index (χ2v) is 10.8. The Bertz CT molecular complexity index is 1400. The first-order valence-corrected chi connectivity index (χ1v) is 12.6. The summed E-state index contributed by atoms with van der Waals surface area (Å²) in [6.07, 6.45) is 2.91. The molecule has 2 heterocycles. The number of para-hydroxylation sites is 2. The highest BCUT2D eigenvalue weighted by Gasteiger charge is 2.27. The van der Waals surface area contributed by atoms with E-state index in [4.69, 9.17) is 11.0 Å². The van der Waals surface area contributed by atoms with E-state index in [1.807, 2.05) is 6.07 Å². The Morgan fingerprint density at radius 2 is 1.59 bits per heavy atom. The summed E-state index contributed by atoms with van der Waals surface area (Å²) in [4.78, 5) is -0.0501. The van der Waals surface area contributed by atoms with Gasteiger partial charge in [0.05, 0.1) is 27.4 Å². The Balaban J connectivity index is 1.63. The highest BCUT2D eigenvalue weighted by molar-refractivity contribution is 7.92. The van der Waals surface area contributed by atoms with Crippen LogP contribution >= 0.6 is 0 Å². The van der Waals surface area contributed by atoms with Crippen LogP contribution in [0.1, 0.15) is 18.4 Å². The summed E-state index contributed by atoms with van der Waals surface area (Å²) >= 11 is 0. The van der Waals surface area contributed by atoms with E-state index < -0.39 is 20.0 Å². The fourth-order valence-electron chi connectivity index (χ4n) is 3.45. The van der Waals surface area contributed by atoms with Gasteiger partial charge in [-0.25, -0.2) is 21.5 Å². The largest absolute Gasteiger partial charge is 0.382 e. The monoisotopic (exact) mass is 472 g/mol. The van der Waals surface area contributed by atoms with Crippen LogP contribution in [0.25, 0.3) is 5.69 Å². The van der Waals surface area contributed by atoms with Crippen molar-refractivity contribution in [1.29, 1.82) is 5.26 Å². The van der Waals surface area contributed by atoms with Crippen LogP contribution in [0.5, 0.6) is 0 Å². The molecule has 0 spiro atoms. The molecule has 12 heteroatoms. The Morgan fingerprint density at radius 3 is 2.22 bits per heavy atom. The summed E-state index contributed by atoms with van der Waals surface area (Å²) < 4.78 is 56.4. The number of nitrogen functional groups attached to an aromatic ring is 1. The summed E-state index contributed by atoms with van der Waals surface area (Å²) in [7, 11) is -7.68. The molecule has 166 valence electrons. The fraction of sp³-hybridized carbons (Fsp3) is 0.200. The molecule has 0 saturated carbocycles. The molecule has 1 aliphatic heterocycles. The molecule has 0 radical (unpaired) electrons. The van der Waals surface area contributed by atoms with Crippen molar-refractivity contribution >= 4 is 31.6 Å². The van der Waals surface area contributed by atoms with Crippen molar-refractivity contribution in [2.45, 2.75) is 22.6 Å². The second-order valence-electron chi connectivity index (χ2n) is 7.17. The number of aromatic nitrogens is 2. The third kappa shape index (κ3) is 3.93. The van der Waals surface area contributed by atoms with Crippen LogP contribution in [-0.2, 0) is 20.0 Å². The highest BCUT2D eigenvalue weighted by Crippen LogP contribution is 2.27. The van der Waals surface area contributed by atoms with Gasteiger partial charge in [0.15, 0.2) is 0 Å². The van der Waals surface area contributed by atoms with E-state index in [0.29, 0.717) is 18.8 Å². The minimum absolute atomic E-state index is 0.0482. The topological polar surface area (TPSA) is 151 Å². The maximum atomic E-state index is 13.0. The Morgan fingerprint density at radius 1 is 0.969 bits per heavy atom. The van der Waals surface area contributed by atoms with E-state index in [0.717, 1.165) is 12.8 Å². The zero-order chi connectivity index (χ0) is 22.9. The number of nitriles is 1. The summed E-state index contributed by atoms with van der Waals surface area (Å²) in [6, 6.07) is 13.5. The molecule has 1 aromatic heterocycles. The third-order valence-corrected chi connectivity index (χ3v) is 8.43. The third-order valence-electron chi connectivity index (χ3n) is 5.14. The van der Waals surface area contributed by atoms with Crippen molar-refractivity contribution in [2.75, 3.05) is 23.5 Å². The van der Waals surface area contributed by atoms with E-state index >= 15 is 0 Å². The van der Waals surface area contributed by atoms with E-state index in [-0.39, 0.29) is 26.9 Å². The molecule has 32 heavy (non-hydrogen) atoms. The maximum Gasteiger partial charge on any atom is 0.261 e. The Hall–Kier alpha value is -3.40. The zero-order valence-electron chi connectivity index (χ0n) is 16.8. The molecular weight excluding hydrogens is 452 g/mol. The van der Waals surface area contributed by atoms with Crippen molar-refractivity contribution in [2.24, 2.45) is 0 Å². The normalized spacial score (nSPS) is 14.8. The van der Waals surface area contributed by atoms with E-state index in [1.165, 1.54) is 45.5 Å². The van der Waals surface area contributed by atoms with Gasteiger partial charge in [-0.1, -0.05) is 12.1 Å². The first-order valence-electron chi connectivity index (χ1n) is 9.70. The van der Waals surface area contributed by atoms with Gasteiger partial charge >= 0.3 is 0 Å². The highest BCUT2D eigenvalue weighted by atomic mass is 32.2. The minimum Gasteiger partial charge on any atom is -0.382 e. The Kier molecular flexibility index (Phi) is 5.64. The number of anilines is 2. The molecule has 0 amide bonds. The molecule has 0 unspecified atom stereocenters. The van der Waals surface area contributed by atoms with Crippen LogP contribution in [0.4, 0.5) is 11.5 Å². The van der Waals surface area contributed by atoms with Gasteiger partial charge in [0.1, 0.15) is 17.5 Å². The fourth-order valence-corrected chi connectivity index (χ4v) is 6.04. The molecular formula is C20H20N6O4S2. The van der Waals surface area contributed by atoms with Crippen molar-refractivity contribution in [3.8, 4) is 11.8 Å². The number of nitrogens with one attached hydrogen (secondary N) is 1. The van der Waals surface area contributed by atoms with Crippen molar-refractivity contribution in [3.05, 3.63) is 60.3 Å². The standard InChI is InChI=1S/C20H20N6O4S2/c21-13-15-14-23-26(20(15)22)19-6-2-1-5-18(19)24-31(27,28)16-7-9-17(10-8-16)32(29,30)25-11-3-4-12-25/h1-2,5-10,14,24H,3-4,11-12,22H2. The van der Waals surface area contributed by atoms with Gasteiger partial charge in [0, 0.05) is 13.1 Å². The van der Waals surface area contributed by atoms with E-state index in [2.05, 4.69) is 9.82 Å². The molecule has 1 saturated heterocycles. The molecule has 0 bridgehead atoms. The summed E-state index contributed by atoms with van der Waals surface area (Å²) in [6.45, 7) is 0.926. The maximum absolute atomic E-state index is 13.0. The molecule has 0 atom stereocenters. The molecule has 3 aromatic rings. The minimum atomic E-state index is -4.04. The average molecular weight is 473 g/mol.